The highest BCUT2D eigenvalue weighted by Crippen LogP contribution is 2.35. The standard InChI is InChI=1S/C15H23N3O2/c1-18(10-15(19)17-7-8-20-2)14-6-3-11-9-12(16)4-5-13(11)14/h4-5,9,14H,3,6-8,10,16H2,1-2H3,(H,17,19). The molecular formula is C15H23N3O2. The number of anilines is 1. The number of ether oxygens (including phenoxy) is 1. The number of methoxy groups -OCH3 is 1. The number of carbonyl (C=O) groups is 1. The van der Waals surface area contributed by atoms with Crippen LogP contribution < -0.4 is 11.1 Å². The molecule has 0 saturated carbocycles. The highest BCUT2D eigenvalue weighted by molar-refractivity contribution is 5.78. The molecule has 0 aromatic heterocycles. The molecule has 2 rings (SSSR count). The smallest absolute Gasteiger partial charge is 0.234 e. The van der Waals surface area contributed by atoms with Gasteiger partial charge in [0.15, 0.2) is 0 Å². The van der Waals surface area contributed by atoms with E-state index < -0.39 is 0 Å². The Kier molecular flexibility index (Phi) is 4.98. The normalized spacial score (nSPS) is 17.2. The molecule has 5 heteroatoms. The number of fused-ring (bicyclic) bond motifs is 1. The van der Waals surface area contributed by atoms with Crippen LogP contribution >= 0.6 is 0 Å². The second kappa shape index (κ2) is 6.72. The molecule has 20 heavy (non-hydrogen) atoms. The predicted octanol–water partition coefficient (Wildman–Crippen LogP) is 0.951. The van der Waals surface area contributed by atoms with Crippen LogP contribution in [0.4, 0.5) is 5.69 Å². The van der Waals surface area contributed by atoms with Crippen LogP contribution in [0.3, 0.4) is 0 Å². The fourth-order valence-corrected chi connectivity index (χ4v) is 2.76. The van der Waals surface area contributed by atoms with Crippen LogP contribution in [-0.4, -0.2) is 44.7 Å². The maximum Gasteiger partial charge on any atom is 0.234 e. The lowest BCUT2D eigenvalue weighted by Gasteiger charge is -2.24. The number of amides is 1. The van der Waals surface area contributed by atoms with E-state index in [4.69, 9.17) is 10.5 Å². The highest BCUT2D eigenvalue weighted by atomic mass is 16.5. The van der Waals surface area contributed by atoms with Crippen molar-refractivity contribution >= 4 is 11.6 Å². The summed E-state index contributed by atoms with van der Waals surface area (Å²) in [6.45, 7) is 1.50. The van der Waals surface area contributed by atoms with E-state index in [2.05, 4.69) is 16.3 Å². The Balaban J connectivity index is 1.91. The van der Waals surface area contributed by atoms with Crippen molar-refractivity contribution in [2.45, 2.75) is 18.9 Å². The minimum Gasteiger partial charge on any atom is -0.399 e. The number of hydrogen-bond acceptors (Lipinski definition) is 4. The van der Waals surface area contributed by atoms with Crippen molar-refractivity contribution in [1.82, 2.24) is 10.2 Å². The lowest BCUT2D eigenvalue weighted by atomic mass is 10.1. The summed E-state index contributed by atoms with van der Waals surface area (Å²) in [4.78, 5) is 13.9. The first-order chi connectivity index (χ1) is 9.61. The van der Waals surface area contributed by atoms with Gasteiger partial charge in [-0.05, 0) is 43.1 Å². The molecule has 1 aromatic carbocycles. The Morgan fingerprint density at radius 3 is 3.10 bits per heavy atom. The lowest BCUT2D eigenvalue weighted by molar-refractivity contribution is -0.122. The van der Waals surface area contributed by atoms with Crippen molar-refractivity contribution in [3.63, 3.8) is 0 Å². The van der Waals surface area contributed by atoms with Crippen molar-refractivity contribution in [2.75, 3.05) is 39.6 Å². The van der Waals surface area contributed by atoms with Crippen molar-refractivity contribution < 1.29 is 9.53 Å². The van der Waals surface area contributed by atoms with Crippen LogP contribution in [0.5, 0.6) is 0 Å². The third kappa shape index (κ3) is 3.49. The van der Waals surface area contributed by atoms with Crippen LogP contribution in [0.25, 0.3) is 0 Å². The van der Waals surface area contributed by atoms with E-state index >= 15 is 0 Å². The number of benzene rings is 1. The summed E-state index contributed by atoms with van der Waals surface area (Å²) in [5, 5.41) is 2.85. The molecule has 0 aliphatic heterocycles. The first-order valence-electron chi connectivity index (χ1n) is 6.96. The summed E-state index contributed by atoms with van der Waals surface area (Å²) in [5.41, 5.74) is 9.23. The molecule has 1 aromatic rings. The first-order valence-corrected chi connectivity index (χ1v) is 6.96. The van der Waals surface area contributed by atoms with Crippen LogP contribution in [0, 0.1) is 0 Å². The molecule has 5 nitrogen and oxygen atoms in total. The quantitative estimate of drug-likeness (QED) is 0.600. The molecule has 0 spiro atoms. The Morgan fingerprint density at radius 1 is 1.55 bits per heavy atom. The second-order valence-corrected chi connectivity index (χ2v) is 5.27. The van der Waals surface area contributed by atoms with Crippen LogP contribution in [0.15, 0.2) is 18.2 Å². The fraction of sp³-hybridized carbons (Fsp3) is 0.533. The number of aryl methyl sites for hydroxylation is 1. The monoisotopic (exact) mass is 277 g/mol. The summed E-state index contributed by atoms with van der Waals surface area (Å²) >= 11 is 0. The molecule has 0 heterocycles. The summed E-state index contributed by atoms with van der Waals surface area (Å²) in [6, 6.07) is 6.37. The van der Waals surface area contributed by atoms with Gasteiger partial charge in [-0.25, -0.2) is 0 Å². The molecule has 1 amide bonds. The average molecular weight is 277 g/mol. The zero-order valence-corrected chi connectivity index (χ0v) is 12.2. The molecule has 1 aliphatic carbocycles. The Bertz CT molecular complexity index is 476. The maximum absolute atomic E-state index is 11.8. The molecule has 110 valence electrons. The minimum absolute atomic E-state index is 0.0356. The van der Waals surface area contributed by atoms with Gasteiger partial charge in [0.1, 0.15) is 0 Å². The maximum atomic E-state index is 11.8. The molecule has 3 N–H and O–H groups in total. The number of nitrogens with one attached hydrogen (secondary N) is 1. The van der Waals surface area contributed by atoms with Crippen molar-refractivity contribution in [2.24, 2.45) is 0 Å². The summed E-state index contributed by atoms with van der Waals surface area (Å²) in [7, 11) is 3.62. The summed E-state index contributed by atoms with van der Waals surface area (Å²) < 4.78 is 4.91. The zero-order chi connectivity index (χ0) is 14.5. The van der Waals surface area contributed by atoms with Gasteiger partial charge in [-0.3, -0.25) is 9.69 Å². The highest BCUT2D eigenvalue weighted by Gasteiger charge is 2.26. The van der Waals surface area contributed by atoms with Gasteiger partial charge in [0, 0.05) is 25.4 Å². The Labute approximate surface area is 120 Å². The van der Waals surface area contributed by atoms with Crippen LogP contribution in [0.1, 0.15) is 23.6 Å². The van der Waals surface area contributed by atoms with E-state index in [-0.39, 0.29) is 5.91 Å². The van der Waals surface area contributed by atoms with Crippen molar-refractivity contribution in [1.29, 1.82) is 0 Å². The van der Waals surface area contributed by atoms with Crippen molar-refractivity contribution in [3.05, 3.63) is 29.3 Å². The van der Waals surface area contributed by atoms with Crippen LogP contribution in [-0.2, 0) is 16.0 Å². The van der Waals surface area contributed by atoms with Gasteiger partial charge in [-0.1, -0.05) is 6.07 Å². The van der Waals surface area contributed by atoms with Gasteiger partial charge >= 0.3 is 0 Å². The summed E-state index contributed by atoms with van der Waals surface area (Å²) in [5.74, 6) is 0.0356. The average Bonchev–Trinajstić information content (AvgIpc) is 2.81. The predicted molar refractivity (Wildman–Crippen MR) is 79.4 cm³/mol. The molecule has 0 saturated heterocycles. The Hall–Kier alpha value is -1.59. The second-order valence-electron chi connectivity index (χ2n) is 5.27. The van der Waals surface area contributed by atoms with E-state index in [0.717, 1.165) is 18.5 Å². The summed E-state index contributed by atoms with van der Waals surface area (Å²) in [6.07, 6.45) is 2.07. The van der Waals surface area contributed by atoms with Gasteiger partial charge in [0.05, 0.1) is 13.2 Å². The number of rotatable bonds is 6. The molecule has 1 unspecified atom stereocenters. The fourth-order valence-electron chi connectivity index (χ4n) is 2.76. The SMILES string of the molecule is COCCNC(=O)CN(C)C1CCc2cc(N)ccc21. The largest absolute Gasteiger partial charge is 0.399 e. The third-order valence-electron chi connectivity index (χ3n) is 3.77. The number of hydrogen-bond donors (Lipinski definition) is 2. The van der Waals surface area contributed by atoms with Gasteiger partial charge < -0.3 is 15.8 Å². The van der Waals surface area contributed by atoms with Gasteiger partial charge in [0.25, 0.3) is 0 Å². The molecule has 0 bridgehead atoms. The molecule has 0 fully saturated rings. The Morgan fingerprint density at radius 2 is 2.35 bits per heavy atom. The van der Waals surface area contributed by atoms with Gasteiger partial charge in [0.2, 0.25) is 5.91 Å². The number of nitrogens with zero attached hydrogens (tertiary/aromatic N) is 1. The number of carbonyl (C=O) groups excluding carboxylic acids is 1. The molecular weight excluding hydrogens is 254 g/mol. The molecule has 0 radical (unpaired) electrons. The zero-order valence-electron chi connectivity index (χ0n) is 12.2. The van der Waals surface area contributed by atoms with E-state index in [9.17, 15) is 4.79 Å². The number of nitrogens with two attached hydrogens (primary N) is 1. The van der Waals surface area contributed by atoms with E-state index in [1.165, 1.54) is 11.1 Å². The van der Waals surface area contributed by atoms with Gasteiger partial charge in [-0.15, -0.1) is 0 Å². The number of likely N-dealkylation sites (N-methyl/N-ethyl adjacent to an activating group) is 1. The van der Waals surface area contributed by atoms with E-state index in [1.807, 2.05) is 19.2 Å². The minimum atomic E-state index is 0.0356. The molecule has 1 atom stereocenters. The molecule has 1 aliphatic rings. The van der Waals surface area contributed by atoms with E-state index in [1.54, 1.807) is 7.11 Å². The lowest BCUT2D eigenvalue weighted by Crippen LogP contribution is -2.37. The van der Waals surface area contributed by atoms with E-state index in [0.29, 0.717) is 25.7 Å². The van der Waals surface area contributed by atoms with Crippen LogP contribution in [0.2, 0.25) is 0 Å². The topological polar surface area (TPSA) is 67.6 Å². The van der Waals surface area contributed by atoms with Gasteiger partial charge in [-0.2, -0.15) is 0 Å². The third-order valence-corrected chi connectivity index (χ3v) is 3.77. The number of nitrogen functional groups attached to an aromatic ring is 1. The first kappa shape index (κ1) is 14.8. The van der Waals surface area contributed by atoms with Crippen molar-refractivity contribution in [3.8, 4) is 0 Å².